The summed E-state index contributed by atoms with van der Waals surface area (Å²) in [6, 6.07) is 12.8. The smallest absolute Gasteiger partial charge is 0.270 e. The minimum absolute atomic E-state index is 0.0351. The number of thioether (sulfide) groups is 1. The summed E-state index contributed by atoms with van der Waals surface area (Å²) in [7, 11) is 0. The van der Waals surface area contributed by atoms with Gasteiger partial charge in [0.2, 0.25) is 0 Å². The Morgan fingerprint density at radius 2 is 2.00 bits per heavy atom. The van der Waals surface area contributed by atoms with Crippen molar-refractivity contribution >= 4 is 29.6 Å². The SMILES string of the molecule is C[C@@H](Sc1ccccc1)C(=O)N/N=C\c1cc([N+](=O)[O-])ccc1[O-]. The topological polar surface area (TPSA) is 108 Å². The molecule has 0 fully saturated rings. The van der Waals surface area contributed by atoms with Crippen LogP contribution in [-0.2, 0) is 4.79 Å². The molecule has 1 atom stereocenters. The fourth-order valence-electron chi connectivity index (χ4n) is 1.76. The first kappa shape index (κ1) is 17.5. The number of hydrazone groups is 1. The third-order valence-corrected chi connectivity index (χ3v) is 4.12. The Labute approximate surface area is 142 Å². The lowest BCUT2D eigenvalue weighted by Gasteiger charge is -2.10. The first-order valence-electron chi connectivity index (χ1n) is 6.97. The number of nitro benzene ring substituents is 1. The van der Waals surface area contributed by atoms with Gasteiger partial charge in [0.1, 0.15) is 0 Å². The van der Waals surface area contributed by atoms with Crippen LogP contribution in [-0.4, -0.2) is 22.3 Å². The molecule has 1 N–H and O–H groups in total. The van der Waals surface area contributed by atoms with Crippen LogP contribution in [0.5, 0.6) is 5.75 Å². The molecule has 0 aromatic heterocycles. The van der Waals surface area contributed by atoms with Gasteiger partial charge in [0.05, 0.1) is 16.4 Å². The molecule has 2 aromatic rings. The van der Waals surface area contributed by atoms with Crippen LogP contribution in [0, 0.1) is 10.1 Å². The summed E-state index contributed by atoms with van der Waals surface area (Å²) >= 11 is 1.37. The number of hydrogen-bond acceptors (Lipinski definition) is 6. The Kier molecular flexibility index (Phi) is 5.91. The maximum atomic E-state index is 12.0. The highest BCUT2D eigenvalue weighted by Gasteiger charge is 2.13. The lowest BCUT2D eigenvalue weighted by molar-refractivity contribution is -0.385. The van der Waals surface area contributed by atoms with Gasteiger partial charge >= 0.3 is 0 Å². The third-order valence-electron chi connectivity index (χ3n) is 3.01. The summed E-state index contributed by atoms with van der Waals surface area (Å²) in [6.07, 6.45) is 1.10. The molecule has 0 heterocycles. The van der Waals surface area contributed by atoms with Crippen molar-refractivity contribution in [3.8, 4) is 5.75 Å². The molecule has 0 unspecified atom stereocenters. The second-order valence-electron chi connectivity index (χ2n) is 4.79. The second kappa shape index (κ2) is 8.11. The maximum absolute atomic E-state index is 12.0. The van der Waals surface area contributed by atoms with Crippen LogP contribution in [0.2, 0.25) is 0 Å². The fourth-order valence-corrected chi connectivity index (χ4v) is 2.65. The van der Waals surface area contributed by atoms with Gasteiger partial charge in [0.15, 0.2) is 0 Å². The van der Waals surface area contributed by atoms with Crippen molar-refractivity contribution in [3.05, 3.63) is 64.2 Å². The molecule has 1 amide bonds. The number of benzene rings is 2. The fraction of sp³-hybridized carbons (Fsp3) is 0.125. The van der Waals surface area contributed by atoms with Crippen molar-refractivity contribution in [1.82, 2.24) is 5.43 Å². The van der Waals surface area contributed by atoms with E-state index in [0.717, 1.165) is 29.3 Å². The molecule has 0 aliphatic carbocycles. The molecular weight excluding hydrogens is 330 g/mol. The summed E-state index contributed by atoms with van der Waals surface area (Å²) in [4.78, 5) is 23.0. The molecule has 0 saturated carbocycles. The zero-order valence-corrected chi connectivity index (χ0v) is 13.5. The zero-order chi connectivity index (χ0) is 17.5. The average Bonchev–Trinajstić information content (AvgIpc) is 2.57. The van der Waals surface area contributed by atoms with E-state index < -0.39 is 10.7 Å². The molecule has 8 heteroatoms. The average molecular weight is 344 g/mol. The highest BCUT2D eigenvalue weighted by Crippen LogP contribution is 2.22. The molecular formula is C16H14N3O4S-. The minimum atomic E-state index is -0.603. The molecule has 0 spiro atoms. The predicted octanol–water partition coefficient (Wildman–Crippen LogP) is 2.30. The second-order valence-corrected chi connectivity index (χ2v) is 6.20. The molecule has 24 heavy (non-hydrogen) atoms. The molecule has 0 saturated heterocycles. The van der Waals surface area contributed by atoms with Gasteiger partial charge in [0, 0.05) is 17.0 Å². The van der Waals surface area contributed by atoms with E-state index in [9.17, 15) is 20.0 Å². The molecule has 0 aliphatic heterocycles. The lowest BCUT2D eigenvalue weighted by Crippen LogP contribution is -2.26. The number of hydrogen-bond donors (Lipinski definition) is 1. The molecule has 2 aromatic carbocycles. The molecule has 2 rings (SSSR count). The highest BCUT2D eigenvalue weighted by atomic mass is 32.2. The van der Waals surface area contributed by atoms with Gasteiger partial charge in [-0.1, -0.05) is 30.0 Å². The molecule has 124 valence electrons. The van der Waals surface area contributed by atoms with Crippen molar-refractivity contribution < 1.29 is 14.8 Å². The number of carbonyl (C=O) groups is 1. The van der Waals surface area contributed by atoms with E-state index in [2.05, 4.69) is 10.5 Å². The van der Waals surface area contributed by atoms with Crippen molar-refractivity contribution in [2.24, 2.45) is 5.10 Å². The van der Waals surface area contributed by atoms with Gasteiger partial charge in [-0.3, -0.25) is 14.9 Å². The number of rotatable bonds is 6. The molecule has 0 aliphatic rings. The third kappa shape index (κ3) is 4.82. The lowest BCUT2D eigenvalue weighted by atomic mass is 10.2. The first-order valence-corrected chi connectivity index (χ1v) is 7.85. The van der Waals surface area contributed by atoms with Gasteiger partial charge in [-0.15, -0.1) is 11.8 Å². The Hall–Kier alpha value is -2.87. The van der Waals surface area contributed by atoms with Crippen molar-refractivity contribution in [2.75, 3.05) is 0 Å². The maximum Gasteiger partial charge on any atom is 0.270 e. The number of carbonyl (C=O) groups excluding carboxylic acids is 1. The monoisotopic (exact) mass is 344 g/mol. The van der Waals surface area contributed by atoms with Gasteiger partial charge in [0.25, 0.3) is 11.6 Å². The van der Waals surface area contributed by atoms with E-state index in [1.807, 2.05) is 30.3 Å². The molecule has 0 radical (unpaired) electrons. The van der Waals surface area contributed by atoms with Crippen LogP contribution < -0.4 is 10.5 Å². The number of amides is 1. The summed E-state index contributed by atoms with van der Waals surface area (Å²) in [5, 5.41) is 25.6. The van der Waals surface area contributed by atoms with Gasteiger partial charge in [-0.05, 0) is 24.6 Å². The van der Waals surface area contributed by atoms with Crippen LogP contribution >= 0.6 is 11.8 Å². The van der Waals surface area contributed by atoms with Gasteiger partial charge < -0.3 is 5.11 Å². The first-order chi connectivity index (χ1) is 11.5. The van der Waals surface area contributed by atoms with Crippen LogP contribution in [0.25, 0.3) is 0 Å². The van der Waals surface area contributed by atoms with Gasteiger partial charge in [-0.2, -0.15) is 5.10 Å². The normalized spacial score (nSPS) is 12.0. The van der Waals surface area contributed by atoms with Crippen molar-refractivity contribution in [3.63, 3.8) is 0 Å². The van der Waals surface area contributed by atoms with E-state index in [4.69, 9.17) is 0 Å². The summed E-state index contributed by atoms with van der Waals surface area (Å²) < 4.78 is 0. The Morgan fingerprint density at radius 1 is 1.29 bits per heavy atom. The predicted molar refractivity (Wildman–Crippen MR) is 90.0 cm³/mol. The Balaban J connectivity index is 1.97. The van der Waals surface area contributed by atoms with Gasteiger partial charge in [-0.25, -0.2) is 5.43 Å². The standard InChI is InChI=1S/C16H15N3O4S/c1-11(24-14-5-3-2-4-6-14)16(21)18-17-10-12-9-13(19(22)23)7-8-15(12)20/h2-11,20H,1H3,(H,18,21)/p-1/b17-10-/t11-/m1/s1. The zero-order valence-electron chi connectivity index (χ0n) is 12.7. The Morgan fingerprint density at radius 3 is 2.67 bits per heavy atom. The largest absolute Gasteiger partial charge is 0.872 e. The van der Waals surface area contributed by atoms with Crippen LogP contribution in [0.3, 0.4) is 0 Å². The van der Waals surface area contributed by atoms with Crippen molar-refractivity contribution in [2.45, 2.75) is 17.1 Å². The summed E-state index contributed by atoms with van der Waals surface area (Å²) in [5.41, 5.74) is 2.15. The van der Waals surface area contributed by atoms with E-state index in [1.54, 1.807) is 6.92 Å². The van der Waals surface area contributed by atoms with E-state index in [1.165, 1.54) is 11.8 Å². The summed E-state index contributed by atoms with van der Waals surface area (Å²) in [6.45, 7) is 1.73. The molecule has 0 bridgehead atoms. The Bertz CT molecular complexity index is 765. The number of nitro groups is 1. The number of non-ortho nitro benzene ring substituents is 1. The number of nitrogens with one attached hydrogen (secondary N) is 1. The number of nitrogens with zero attached hydrogens (tertiary/aromatic N) is 2. The minimum Gasteiger partial charge on any atom is -0.872 e. The van der Waals surface area contributed by atoms with Crippen molar-refractivity contribution in [1.29, 1.82) is 0 Å². The van der Waals surface area contributed by atoms with E-state index in [-0.39, 0.29) is 22.4 Å². The molecule has 7 nitrogen and oxygen atoms in total. The van der Waals surface area contributed by atoms with Crippen LogP contribution in [0.4, 0.5) is 5.69 Å². The van der Waals surface area contributed by atoms with Crippen LogP contribution in [0.1, 0.15) is 12.5 Å². The van der Waals surface area contributed by atoms with Crippen LogP contribution in [0.15, 0.2) is 58.5 Å². The summed E-state index contributed by atoms with van der Waals surface area (Å²) in [5.74, 6) is -0.747. The highest BCUT2D eigenvalue weighted by molar-refractivity contribution is 8.00. The van der Waals surface area contributed by atoms with E-state index >= 15 is 0 Å². The quantitative estimate of drug-likeness (QED) is 0.374. The van der Waals surface area contributed by atoms with E-state index in [0.29, 0.717) is 0 Å².